The topological polar surface area (TPSA) is 63.7 Å². The first-order chi connectivity index (χ1) is 14.3. The standard InChI is InChI=1S/C25H25NO4/c1-25(2,3)17-11-13-19(14-12-17)30-24(29)16-7-6-8-18(15-16)26-22(27)20-9-4-5-10-21(20)23(26)28/h4-8,11-15,20-21H,9-10H2,1-3H3/t20-,21-/m1/s1. The smallest absolute Gasteiger partial charge is 0.343 e. The van der Waals surface area contributed by atoms with Gasteiger partial charge in [0.05, 0.1) is 23.1 Å². The van der Waals surface area contributed by atoms with Crippen LogP contribution in [0.15, 0.2) is 60.7 Å². The number of carbonyl (C=O) groups is 3. The minimum absolute atomic E-state index is 0.0123. The molecule has 154 valence electrons. The molecule has 0 aromatic heterocycles. The van der Waals surface area contributed by atoms with Gasteiger partial charge in [0.1, 0.15) is 5.75 Å². The Hall–Kier alpha value is -3.21. The number of benzene rings is 2. The van der Waals surface area contributed by atoms with Gasteiger partial charge in [-0.3, -0.25) is 14.5 Å². The highest BCUT2D eigenvalue weighted by molar-refractivity contribution is 6.22. The number of ether oxygens (including phenoxy) is 1. The first kappa shape index (κ1) is 20.1. The SMILES string of the molecule is CC(C)(C)c1ccc(OC(=O)c2cccc(N3C(=O)[C@@H]4CC=CC[C@H]4C3=O)c2)cc1. The molecule has 1 aliphatic heterocycles. The Morgan fingerprint density at radius 1 is 0.933 bits per heavy atom. The average molecular weight is 403 g/mol. The number of carbonyl (C=O) groups excluding carboxylic acids is 3. The minimum atomic E-state index is -0.529. The summed E-state index contributed by atoms with van der Waals surface area (Å²) in [7, 11) is 0. The van der Waals surface area contributed by atoms with E-state index in [1.807, 2.05) is 24.3 Å². The van der Waals surface area contributed by atoms with Crippen LogP contribution in [0.4, 0.5) is 5.69 Å². The van der Waals surface area contributed by atoms with Gasteiger partial charge in [-0.15, -0.1) is 0 Å². The average Bonchev–Trinajstić information content (AvgIpc) is 2.98. The summed E-state index contributed by atoms with van der Waals surface area (Å²) in [4.78, 5) is 39.5. The maximum absolute atomic E-state index is 12.8. The monoisotopic (exact) mass is 403 g/mol. The van der Waals surface area contributed by atoms with Crippen molar-refractivity contribution in [2.45, 2.75) is 39.0 Å². The first-order valence-corrected chi connectivity index (χ1v) is 10.2. The van der Waals surface area contributed by atoms with Gasteiger partial charge in [-0.25, -0.2) is 4.79 Å². The minimum Gasteiger partial charge on any atom is -0.423 e. The molecule has 0 N–H and O–H groups in total. The Labute approximate surface area is 176 Å². The highest BCUT2D eigenvalue weighted by Crippen LogP contribution is 2.37. The van der Waals surface area contributed by atoms with E-state index in [1.165, 1.54) is 4.90 Å². The van der Waals surface area contributed by atoms with Crippen LogP contribution >= 0.6 is 0 Å². The van der Waals surface area contributed by atoms with Crippen molar-refractivity contribution in [2.75, 3.05) is 4.90 Å². The summed E-state index contributed by atoms with van der Waals surface area (Å²) >= 11 is 0. The lowest BCUT2D eigenvalue weighted by molar-refractivity contribution is -0.122. The highest BCUT2D eigenvalue weighted by atomic mass is 16.5. The molecule has 2 amide bonds. The van der Waals surface area contributed by atoms with Crippen LogP contribution in [0.2, 0.25) is 0 Å². The van der Waals surface area contributed by atoms with Gasteiger partial charge in [0, 0.05) is 0 Å². The maximum Gasteiger partial charge on any atom is 0.343 e. The van der Waals surface area contributed by atoms with Crippen molar-refractivity contribution < 1.29 is 19.1 Å². The molecule has 2 atom stereocenters. The summed E-state index contributed by atoms with van der Waals surface area (Å²) < 4.78 is 5.50. The van der Waals surface area contributed by atoms with Gasteiger partial charge in [0.15, 0.2) is 0 Å². The second-order valence-corrected chi connectivity index (χ2v) is 8.88. The molecular formula is C25H25NO4. The first-order valence-electron chi connectivity index (χ1n) is 10.2. The van der Waals surface area contributed by atoms with Crippen molar-refractivity contribution >= 4 is 23.5 Å². The lowest BCUT2D eigenvalue weighted by atomic mass is 9.85. The number of hydrogen-bond acceptors (Lipinski definition) is 4. The number of anilines is 1. The third-order valence-corrected chi connectivity index (χ3v) is 5.78. The van der Waals surface area contributed by atoms with Crippen molar-refractivity contribution in [1.82, 2.24) is 0 Å². The Kier molecular flexibility index (Phi) is 5.06. The fraction of sp³-hybridized carbons (Fsp3) is 0.320. The zero-order valence-electron chi connectivity index (χ0n) is 17.4. The quantitative estimate of drug-likeness (QED) is 0.324. The van der Waals surface area contributed by atoms with E-state index in [9.17, 15) is 14.4 Å². The van der Waals surface area contributed by atoms with Gasteiger partial charge >= 0.3 is 5.97 Å². The Morgan fingerprint density at radius 3 is 2.10 bits per heavy atom. The molecule has 0 unspecified atom stereocenters. The number of hydrogen-bond donors (Lipinski definition) is 0. The van der Waals surface area contributed by atoms with Crippen molar-refractivity contribution in [2.24, 2.45) is 11.8 Å². The number of imide groups is 1. The van der Waals surface area contributed by atoms with Crippen molar-refractivity contribution in [1.29, 1.82) is 0 Å². The number of allylic oxidation sites excluding steroid dienone is 2. The molecule has 1 fully saturated rings. The maximum atomic E-state index is 12.8. The lowest BCUT2D eigenvalue weighted by Crippen LogP contribution is -2.31. The molecule has 5 heteroatoms. The molecule has 0 spiro atoms. The number of nitrogens with zero attached hydrogens (tertiary/aromatic N) is 1. The molecule has 2 aromatic carbocycles. The summed E-state index contributed by atoms with van der Waals surface area (Å²) in [6.45, 7) is 6.35. The lowest BCUT2D eigenvalue weighted by Gasteiger charge is -2.19. The summed E-state index contributed by atoms with van der Waals surface area (Å²) in [5.41, 5.74) is 1.86. The van der Waals surface area contributed by atoms with Crippen LogP contribution in [0.1, 0.15) is 49.5 Å². The van der Waals surface area contributed by atoms with Crippen molar-refractivity contribution in [3.63, 3.8) is 0 Å². The molecule has 0 saturated carbocycles. The summed E-state index contributed by atoms with van der Waals surface area (Å²) in [6.07, 6.45) is 5.07. The zero-order valence-corrected chi connectivity index (χ0v) is 17.4. The zero-order chi connectivity index (χ0) is 21.5. The molecule has 5 nitrogen and oxygen atoms in total. The molecule has 0 bridgehead atoms. The molecule has 0 radical (unpaired) electrons. The van der Waals surface area contributed by atoms with Gasteiger partial charge in [-0.1, -0.05) is 51.1 Å². The van der Waals surface area contributed by atoms with Crippen LogP contribution in [0, 0.1) is 11.8 Å². The van der Waals surface area contributed by atoms with Gasteiger partial charge in [-0.2, -0.15) is 0 Å². The third-order valence-electron chi connectivity index (χ3n) is 5.78. The Bertz CT molecular complexity index is 1000. The molecule has 4 rings (SSSR count). The van der Waals surface area contributed by atoms with Crippen LogP contribution in [-0.2, 0) is 15.0 Å². The van der Waals surface area contributed by atoms with Gasteiger partial charge in [0.25, 0.3) is 0 Å². The van der Waals surface area contributed by atoms with Crippen LogP contribution in [-0.4, -0.2) is 17.8 Å². The van der Waals surface area contributed by atoms with Crippen molar-refractivity contribution in [3.8, 4) is 5.75 Å². The van der Waals surface area contributed by atoms with Gasteiger partial charge in [0.2, 0.25) is 11.8 Å². The second kappa shape index (κ2) is 7.56. The van der Waals surface area contributed by atoms with Crippen LogP contribution in [0.25, 0.3) is 0 Å². The fourth-order valence-corrected chi connectivity index (χ4v) is 4.02. The van der Waals surface area contributed by atoms with E-state index in [-0.39, 0.29) is 29.1 Å². The van der Waals surface area contributed by atoms with E-state index >= 15 is 0 Å². The molecule has 2 aliphatic rings. The molecular weight excluding hydrogens is 378 g/mol. The summed E-state index contributed by atoms with van der Waals surface area (Å²) in [5, 5.41) is 0. The second-order valence-electron chi connectivity index (χ2n) is 8.88. The van der Waals surface area contributed by atoms with E-state index in [1.54, 1.807) is 36.4 Å². The number of fused-ring (bicyclic) bond motifs is 1. The predicted molar refractivity (Wildman–Crippen MR) is 114 cm³/mol. The molecule has 30 heavy (non-hydrogen) atoms. The molecule has 1 saturated heterocycles. The number of esters is 1. The van der Waals surface area contributed by atoms with E-state index in [0.29, 0.717) is 29.8 Å². The summed E-state index contributed by atoms with van der Waals surface area (Å²) in [6, 6.07) is 13.9. The number of rotatable bonds is 3. The van der Waals surface area contributed by atoms with Crippen LogP contribution in [0.5, 0.6) is 5.75 Å². The Morgan fingerprint density at radius 2 is 1.53 bits per heavy atom. The van der Waals surface area contributed by atoms with E-state index in [0.717, 1.165) is 5.56 Å². The van der Waals surface area contributed by atoms with E-state index in [4.69, 9.17) is 4.74 Å². The summed E-state index contributed by atoms with van der Waals surface area (Å²) in [5.74, 6) is -1.09. The Balaban J connectivity index is 1.53. The number of amides is 2. The van der Waals surface area contributed by atoms with E-state index < -0.39 is 5.97 Å². The molecule has 2 aromatic rings. The largest absolute Gasteiger partial charge is 0.423 e. The van der Waals surface area contributed by atoms with Gasteiger partial charge in [-0.05, 0) is 54.2 Å². The van der Waals surface area contributed by atoms with Crippen molar-refractivity contribution in [3.05, 3.63) is 71.8 Å². The highest BCUT2D eigenvalue weighted by Gasteiger charge is 2.47. The van der Waals surface area contributed by atoms with Crippen LogP contribution in [0.3, 0.4) is 0 Å². The normalized spacial score (nSPS) is 21.0. The molecule has 1 heterocycles. The van der Waals surface area contributed by atoms with Crippen LogP contribution < -0.4 is 9.64 Å². The van der Waals surface area contributed by atoms with Gasteiger partial charge < -0.3 is 4.74 Å². The third kappa shape index (κ3) is 3.67. The predicted octanol–water partition coefficient (Wildman–Crippen LogP) is 4.66. The fourth-order valence-electron chi connectivity index (χ4n) is 4.02. The molecule has 1 aliphatic carbocycles. The van der Waals surface area contributed by atoms with E-state index in [2.05, 4.69) is 20.8 Å².